The van der Waals surface area contributed by atoms with E-state index < -0.39 is 12.0 Å². The fourth-order valence-electron chi connectivity index (χ4n) is 3.36. The minimum Gasteiger partial charge on any atom is -0.480 e. The molecule has 0 aromatic rings. The Labute approximate surface area is 114 Å². The van der Waals surface area contributed by atoms with Crippen LogP contribution in [0.5, 0.6) is 0 Å². The van der Waals surface area contributed by atoms with E-state index in [1.807, 2.05) is 4.90 Å². The number of hydrogen-bond donors (Lipinski definition) is 2. The summed E-state index contributed by atoms with van der Waals surface area (Å²) in [7, 11) is 0. The molecule has 2 fully saturated rings. The zero-order valence-corrected chi connectivity index (χ0v) is 11.6. The fourth-order valence-corrected chi connectivity index (χ4v) is 3.36. The first-order chi connectivity index (χ1) is 9.09. The van der Waals surface area contributed by atoms with E-state index in [-0.39, 0.29) is 12.5 Å². The van der Waals surface area contributed by atoms with Gasteiger partial charge < -0.3 is 10.0 Å². The van der Waals surface area contributed by atoms with Crippen molar-refractivity contribution in [1.29, 1.82) is 0 Å². The molecule has 0 bridgehead atoms. The Bertz CT molecular complexity index is 344. The maximum absolute atomic E-state index is 12.3. The zero-order chi connectivity index (χ0) is 13.8. The molecule has 0 aromatic heterocycles. The van der Waals surface area contributed by atoms with Gasteiger partial charge in [0, 0.05) is 12.6 Å². The quantitative estimate of drug-likeness (QED) is 0.804. The predicted octanol–water partition coefficient (Wildman–Crippen LogP) is 1.23. The number of nitrogens with zero attached hydrogens (tertiary/aromatic N) is 1. The number of nitrogens with one attached hydrogen (secondary N) is 1. The van der Waals surface area contributed by atoms with Gasteiger partial charge in [-0.25, -0.2) is 0 Å². The summed E-state index contributed by atoms with van der Waals surface area (Å²) in [6.07, 6.45) is 7.19. The van der Waals surface area contributed by atoms with Crippen molar-refractivity contribution in [3.63, 3.8) is 0 Å². The largest absolute Gasteiger partial charge is 0.480 e. The lowest BCUT2D eigenvalue weighted by molar-refractivity contribution is -0.140. The normalized spacial score (nSPS) is 28.6. The van der Waals surface area contributed by atoms with Gasteiger partial charge >= 0.3 is 5.97 Å². The molecule has 1 saturated carbocycles. The Morgan fingerprint density at radius 1 is 1.26 bits per heavy atom. The van der Waals surface area contributed by atoms with Crippen molar-refractivity contribution in [3.8, 4) is 0 Å². The maximum atomic E-state index is 12.3. The van der Waals surface area contributed by atoms with Crippen LogP contribution in [0.2, 0.25) is 0 Å². The van der Waals surface area contributed by atoms with Crippen molar-refractivity contribution in [1.82, 2.24) is 10.2 Å². The zero-order valence-electron chi connectivity index (χ0n) is 11.6. The molecule has 19 heavy (non-hydrogen) atoms. The molecule has 2 N–H and O–H groups in total. The average molecular weight is 268 g/mol. The number of carboxylic acids is 1. The van der Waals surface area contributed by atoms with Crippen molar-refractivity contribution in [2.75, 3.05) is 13.1 Å². The Hall–Kier alpha value is -1.10. The molecule has 5 heteroatoms. The Morgan fingerprint density at radius 3 is 2.68 bits per heavy atom. The summed E-state index contributed by atoms with van der Waals surface area (Å²) in [6.45, 7) is 2.54. The predicted molar refractivity (Wildman–Crippen MR) is 71.8 cm³/mol. The van der Waals surface area contributed by atoms with Gasteiger partial charge in [0.05, 0.1) is 6.54 Å². The summed E-state index contributed by atoms with van der Waals surface area (Å²) < 4.78 is 0. The first-order valence-corrected chi connectivity index (χ1v) is 7.35. The smallest absolute Gasteiger partial charge is 0.320 e. The summed E-state index contributed by atoms with van der Waals surface area (Å²) in [6, 6.07) is -0.271. The van der Waals surface area contributed by atoms with E-state index in [2.05, 4.69) is 5.32 Å². The number of rotatable bonds is 4. The number of amides is 1. The second-order valence-corrected chi connectivity index (χ2v) is 5.78. The lowest BCUT2D eigenvalue weighted by Crippen LogP contribution is -2.53. The first-order valence-electron chi connectivity index (χ1n) is 7.35. The number of carbonyl (C=O) groups is 2. The van der Waals surface area contributed by atoms with E-state index in [0.29, 0.717) is 12.0 Å². The molecule has 0 radical (unpaired) electrons. The van der Waals surface area contributed by atoms with E-state index in [0.717, 1.165) is 19.4 Å². The van der Waals surface area contributed by atoms with Crippen LogP contribution in [0.1, 0.15) is 45.4 Å². The van der Waals surface area contributed by atoms with Crippen LogP contribution >= 0.6 is 0 Å². The van der Waals surface area contributed by atoms with Crippen molar-refractivity contribution in [2.24, 2.45) is 5.92 Å². The first kappa shape index (κ1) is 14.3. The third kappa shape index (κ3) is 3.47. The number of aliphatic carboxylic acids is 1. The molecule has 108 valence electrons. The van der Waals surface area contributed by atoms with E-state index >= 15 is 0 Å². The number of carbonyl (C=O) groups excluding carboxylic acids is 1. The second kappa shape index (κ2) is 6.37. The van der Waals surface area contributed by atoms with Gasteiger partial charge in [0.15, 0.2) is 0 Å². The van der Waals surface area contributed by atoms with Gasteiger partial charge in [-0.2, -0.15) is 0 Å². The van der Waals surface area contributed by atoms with Gasteiger partial charge in [-0.05, 0) is 38.5 Å². The minimum atomic E-state index is -0.915. The van der Waals surface area contributed by atoms with Gasteiger partial charge in [-0.15, -0.1) is 0 Å². The SMILES string of the molecule is C[C@@H](NCC(=O)N1CCCC2CCCCC21)C(=O)O. The molecule has 1 heterocycles. The second-order valence-electron chi connectivity index (χ2n) is 5.78. The molecule has 5 nitrogen and oxygen atoms in total. The van der Waals surface area contributed by atoms with Crippen LogP contribution in [-0.4, -0.2) is 47.1 Å². The standard InChI is InChI=1S/C14H24N2O3/c1-10(14(18)19)15-9-13(17)16-8-4-6-11-5-2-3-7-12(11)16/h10-12,15H,2-9H2,1H3,(H,18,19)/t10-,11?,12?/m1/s1. The topological polar surface area (TPSA) is 69.6 Å². The molecule has 2 rings (SSSR count). The lowest BCUT2D eigenvalue weighted by atomic mass is 9.78. The number of carboxylic acid groups (broad SMARTS) is 1. The number of fused-ring (bicyclic) bond motifs is 1. The van der Waals surface area contributed by atoms with Gasteiger partial charge in [0.25, 0.3) is 0 Å². The molecule has 0 spiro atoms. The lowest BCUT2D eigenvalue weighted by Gasteiger charge is -2.44. The van der Waals surface area contributed by atoms with Crippen molar-refractivity contribution < 1.29 is 14.7 Å². The van der Waals surface area contributed by atoms with E-state index in [1.54, 1.807) is 6.92 Å². The molecule has 1 amide bonds. The molecular formula is C14H24N2O3. The van der Waals surface area contributed by atoms with Crippen LogP contribution in [0.15, 0.2) is 0 Å². The Balaban J connectivity index is 1.88. The maximum Gasteiger partial charge on any atom is 0.320 e. The summed E-state index contributed by atoms with van der Waals surface area (Å²) in [5.74, 6) is -0.185. The number of piperidine rings is 1. The van der Waals surface area contributed by atoms with Crippen LogP contribution in [-0.2, 0) is 9.59 Å². The molecule has 0 aromatic carbocycles. The van der Waals surface area contributed by atoms with Gasteiger partial charge in [-0.3, -0.25) is 14.9 Å². The minimum absolute atomic E-state index is 0.0599. The highest BCUT2D eigenvalue weighted by Gasteiger charge is 2.35. The third-order valence-corrected chi connectivity index (χ3v) is 4.49. The van der Waals surface area contributed by atoms with Crippen LogP contribution in [0.4, 0.5) is 0 Å². The van der Waals surface area contributed by atoms with Gasteiger partial charge in [-0.1, -0.05) is 12.8 Å². The molecule has 1 aliphatic heterocycles. The third-order valence-electron chi connectivity index (χ3n) is 4.49. The van der Waals surface area contributed by atoms with Gasteiger partial charge in [0.1, 0.15) is 6.04 Å². The average Bonchev–Trinajstić information content (AvgIpc) is 2.43. The van der Waals surface area contributed by atoms with Gasteiger partial charge in [0.2, 0.25) is 5.91 Å². The summed E-state index contributed by atoms with van der Waals surface area (Å²) in [4.78, 5) is 25.0. The summed E-state index contributed by atoms with van der Waals surface area (Å²) in [5.41, 5.74) is 0. The molecule has 2 unspecified atom stereocenters. The van der Waals surface area contributed by atoms with E-state index in [1.165, 1.54) is 25.7 Å². The van der Waals surface area contributed by atoms with Crippen molar-refractivity contribution in [3.05, 3.63) is 0 Å². The Morgan fingerprint density at radius 2 is 1.95 bits per heavy atom. The highest BCUT2D eigenvalue weighted by molar-refractivity contribution is 5.80. The summed E-state index contributed by atoms with van der Waals surface area (Å²) >= 11 is 0. The number of likely N-dealkylation sites (tertiary alicyclic amines) is 1. The molecule has 1 saturated heterocycles. The highest BCUT2D eigenvalue weighted by Crippen LogP contribution is 2.35. The van der Waals surface area contributed by atoms with Crippen LogP contribution < -0.4 is 5.32 Å². The van der Waals surface area contributed by atoms with Crippen LogP contribution in [0.25, 0.3) is 0 Å². The van der Waals surface area contributed by atoms with Crippen LogP contribution in [0.3, 0.4) is 0 Å². The van der Waals surface area contributed by atoms with Crippen molar-refractivity contribution >= 4 is 11.9 Å². The number of hydrogen-bond acceptors (Lipinski definition) is 3. The molecule has 2 aliphatic rings. The van der Waals surface area contributed by atoms with E-state index in [9.17, 15) is 9.59 Å². The molecule has 3 atom stereocenters. The van der Waals surface area contributed by atoms with Crippen LogP contribution in [0, 0.1) is 5.92 Å². The summed E-state index contributed by atoms with van der Waals surface area (Å²) in [5, 5.41) is 11.6. The Kier molecular flexibility index (Phi) is 4.80. The highest BCUT2D eigenvalue weighted by atomic mass is 16.4. The molecule has 1 aliphatic carbocycles. The van der Waals surface area contributed by atoms with E-state index in [4.69, 9.17) is 5.11 Å². The molecular weight excluding hydrogens is 244 g/mol. The monoisotopic (exact) mass is 268 g/mol. The fraction of sp³-hybridized carbons (Fsp3) is 0.857. The van der Waals surface area contributed by atoms with Crippen molar-refractivity contribution in [2.45, 2.75) is 57.5 Å².